The van der Waals surface area contributed by atoms with E-state index < -0.39 is 5.54 Å². The molecular weight excluding hydrogens is 284 g/mol. The van der Waals surface area contributed by atoms with Gasteiger partial charge in [-0.15, -0.1) is 0 Å². The van der Waals surface area contributed by atoms with Crippen LogP contribution in [0.2, 0.25) is 0 Å². The zero-order valence-electron chi connectivity index (χ0n) is 13.6. The van der Waals surface area contributed by atoms with Crippen molar-refractivity contribution in [2.45, 2.75) is 25.8 Å². The number of hydrogen-bond donors (Lipinski definition) is 2. The minimum atomic E-state index is -0.436. The van der Waals surface area contributed by atoms with Crippen molar-refractivity contribution in [1.82, 2.24) is 15.1 Å². The van der Waals surface area contributed by atoms with Gasteiger partial charge in [-0.25, -0.2) is 0 Å². The zero-order valence-corrected chi connectivity index (χ0v) is 13.6. The number of nitrogens with two attached hydrogens (primary N) is 1. The van der Waals surface area contributed by atoms with Crippen LogP contribution < -0.4 is 11.1 Å². The van der Waals surface area contributed by atoms with E-state index in [4.69, 9.17) is 10.5 Å². The van der Waals surface area contributed by atoms with Crippen LogP contribution in [0.3, 0.4) is 0 Å². The Morgan fingerprint density at radius 3 is 2.68 bits per heavy atom. The summed E-state index contributed by atoms with van der Waals surface area (Å²) in [6.45, 7) is 9.54. The summed E-state index contributed by atoms with van der Waals surface area (Å²) in [7, 11) is 0. The van der Waals surface area contributed by atoms with E-state index >= 15 is 0 Å². The Bertz CT molecular complexity index is 402. The second-order valence-corrected chi connectivity index (χ2v) is 6.90. The molecule has 2 heterocycles. The SMILES string of the molecule is CC(C)(N)CNC(=O)C1CC(=O)N(CCN2CCOCC2)C1. The van der Waals surface area contributed by atoms with Crippen LogP contribution in [-0.2, 0) is 14.3 Å². The van der Waals surface area contributed by atoms with Gasteiger partial charge in [-0.2, -0.15) is 0 Å². The first-order chi connectivity index (χ1) is 10.3. The molecule has 2 saturated heterocycles. The first kappa shape index (κ1) is 17.2. The number of hydrogen-bond acceptors (Lipinski definition) is 5. The van der Waals surface area contributed by atoms with Crippen molar-refractivity contribution in [3.63, 3.8) is 0 Å². The van der Waals surface area contributed by atoms with Gasteiger partial charge in [-0.05, 0) is 13.8 Å². The maximum atomic E-state index is 12.1. The lowest BCUT2D eigenvalue weighted by molar-refractivity contribution is -0.129. The first-order valence-corrected chi connectivity index (χ1v) is 7.99. The fourth-order valence-corrected chi connectivity index (χ4v) is 2.71. The Morgan fingerprint density at radius 2 is 2.05 bits per heavy atom. The number of carbonyl (C=O) groups is 2. The molecule has 2 aliphatic rings. The molecule has 0 bridgehead atoms. The summed E-state index contributed by atoms with van der Waals surface area (Å²) in [5, 5.41) is 2.84. The third kappa shape index (κ3) is 5.23. The first-order valence-electron chi connectivity index (χ1n) is 7.99. The molecule has 2 rings (SSSR count). The van der Waals surface area contributed by atoms with Gasteiger partial charge in [0.25, 0.3) is 0 Å². The van der Waals surface area contributed by atoms with Crippen molar-refractivity contribution in [3.8, 4) is 0 Å². The fraction of sp³-hybridized carbons (Fsp3) is 0.867. The number of rotatable bonds is 6. The summed E-state index contributed by atoms with van der Waals surface area (Å²) < 4.78 is 5.31. The molecule has 0 radical (unpaired) electrons. The van der Waals surface area contributed by atoms with Crippen molar-refractivity contribution in [1.29, 1.82) is 0 Å². The van der Waals surface area contributed by atoms with Crippen molar-refractivity contribution >= 4 is 11.8 Å². The summed E-state index contributed by atoms with van der Waals surface area (Å²) in [6.07, 6.45) is 0.306. The summed E-state index contributed by atoms with van der Waals surface area (Å²) in [5.74, 6) is -0.249. The van der Waals surface area contributed by atoms with Crippen LogP contribution in [0, 0.1) is 5.92 Å². The third-order valence-electron chi connectivity index (χ3n) is 4.09. The van der Waals surface area contributed by atoms with Gasteiger partial charge in [0, 0.05) is 51.2 Å². The van der Waals surface area contributed by atoms with Gasteiger partial charge in [0.05, 0.1) is 19.1 Å². The summed E-state index contributed by atoms with van der Waals surface area (Å²) in [6, 6.07) is 0. The van der Waals surface area contributed by atoms with Gasteiger partial charge in [-0.3, -0.25) is 14.5 Å². The molecule has 7 nitrogen and oxygen atoms in total. The van der Waals surface area contributed by atoms with Gasteiger partial charge in [-0.1, -0.05) is 0 Å². The van der Waals surface area contributed by atoms with Gasteiger partial charge in [0.15, 0.2) is 0 Å². The van der Waals surface area contributed by atoms with Crippen LogP contribution in [0.1, 0.15) is 20.3 Å². The molecule has 7 heteroatoms. The highest BCUT2D eigenvalue weighted by atomic mass is 16.5. The molecule has 22 heavy (non-hydrogen) atoms. The van der Waals surface area contributed by atoms with Crippen molar-refractivity contribution in [2.24, 2.45) is 11.7 Å². The van der Waals surface area contributed by atoms with Crippen molar-refractivity contribution in [3.05, 3.63) is 0 Å². The molecule has 0 aromatic rings. The molecule has 2 fully saturated rings. The standard InChI is InChI=1S/C15H28N4O3/c1-15(2,16)11-17-14(21)12-9-13(20)19(10-12)4-3-18-5-7-22-8-6-18/h12H,3-11,16H2,1-2H3,(H,17,21). The van der Waals surface area contributed by atoms with E-state index in [0.29, 0.717) is 26.1 Å². The lowest BCUT2D eigenvalue weighted by Crippen LogP contribution is -2.47. The smallest absolute Gasteiger partial charge is 0.225 e. The van der Waals surface area contributed by atoms with E-state index in [2.05, 4.69) is 10.2 Å². The Labute approximate surface area is 132 Å². The highest BCUT2D eigenvalue weighted by Crippen LogP contribution is 2.18. The molecule has 0 spiro atoms. The van der Waals surface area contributed by atoms with E-state index in [1.54, 1.807) is 4.90 Å². The summed E-state index contributed by atoms with van der Waals surface area (Å²) in [5.41, 5.74) is 5.42. The van der Waals surface area contributed by atoms with Gasteiger partial charge in [0.1, 0.15) is 0 Å². The lowest BCUT2D eigenvalue weighted by Gasteiger charge is -2.28. The van der Waals surface area contributed by atoms with E-state index in [9.17, 15) is 9.59 Å². The topological polar surface area (TPSA) is 87.9 Å². The second kappa shape index (κ2) is 7.39. The highest BCUT2D eigenvalue weighted by Gasteiger charge is 2.34. The third-order valence-corrected chi connectivity index (χ3v) is 4.09. The van der Waals surface area contributed by atoms with E-state index in [1.807, 2.05) is 13.8 Å². The van der Waals surface area contributed by atoms with Crippen LogP contribution in [0.4, 0.5) is 0 Å². The molecule has 1 atom stereocenters. The Hall–Kier alpha value is -1.18. The van der Waals surface area contributed by atoms with E-state index in [1.165, 1.54) is 0 Å². The molecule has 126 valence electrons. The minimum absolute atomic E-state index is 0.0688. The molecule has 2 aliphatic heterocycles. The molecule has 3 N–H and O–H groups in total. The zero-order chi connectivity index (χ0) is 16.2. The normalized spacial score (nSPS) is 23.9. The van der Waals surface area contributed by atoms with Crippen LogP contribution in [0.5, 0.6) is 0 Å². The number of carbonyl (C=O) groups excluding carboxylic acids is 2. The Balaban J connectivity index is 1.74. The van der Waals surface area contributed by atoms with E-state index in [0.717, 1.165) is 32.8 Å². The number of nitrogens with one attached hydrogen (secondary N) is 1. The number of amides is 2. The minimum Gasteiger partial charge on any atom is -0.379 e. The molecule has 0 aromatic heterocycles. The lowest BCUT2D eigenvalue weighted by atomic mass is 10.1. The van der Waals surface area contributed by atoms with Crippen LogP contribution in [0.15, 0.2) is 0 Å². The average molecular weight is 312 g/mol. The summed E-state index contributed by atoms with van der Waals surface area (Å²) in [4.78, 5) is 28.2. The average Bonchev–Trinajstić information content (AvgIpc) is 2.84. The van der Waals surface area contributed by atoms with Crippen molar-refractivity contribution in [2.75, 3.05) is 52.5 Å². The highest BCUT2D eigenvalue weighted by molar-refractivity contribution is 5.89. The predicted octanol–water partition coefficient (Wildman–Crippen LogP) is -0.979. The molecule has 0 aromatic carbocycles. The molecular formula is C15H28N4O3. The predicted molar refractivity (Wildman–Crippen MR) is 83.2 cm³/mol. The Kier molecular flexibility index (Phi) is 5.77. The fourth-order valence-electron chi connectivity index (χ4n) is 2.71. The van der Waals surface area contributed by atoms with Crippen molar-refractivity contribution < 1.29 is 14.3 Å². The molecule has 1 unspecified atom stereocenters. The van der Waals surface area contributed by atoms with Gasteiger partial charge in [0.2, 0.25) is 11.8 Å². The van der Waals surface area contributed by atoms with Gasteiger partial charge >= 0.3 is 0 Å². The second-order valence-electron chi connectivity index (χ2n) is 6.90. The quantitative estimate of drug-likeness (QED) is 0.658. The molecule has 0 saturated carbocycles. The molecule has 0 aliphatic carbocycles. The number of ether oxygens (including phenoxy) is 1. The monoisotopic (exact) mass is 312 g/mol. The maximum Gasteiger partial charge on any atom is 0.225 e. The maximum absolute atomic E-state index is 12.1. The van der Waals surface area contributed by atoms with Crippen LogP contribution in [-0.4, -0.2) is 79.6 Å². The molecule has 2 amide bonds. The Morgan fingerprint density at radius 1 is 1.36 bits per heavy atom. The summed E-state index contributed by atoms with van der Waals surface area (Å²) >= 11 is 0. The van der Waals surface area contributed by atoms with Crippen LogP contribution >= 0.6 is 0 Å². The number of likely N-dealkylation sites (tertiary alicyclic amines) is 1. The van der Waals surface area contributed by atoms with Gasteiger partial charge < -0.3 is 20.7 Å². The number of nitrogens with zero attached hydrogens (tertiary/aromatic N) is 2. The number of morpholine rings is 1. The largest absolute Gasteiger partial charge is 0.379 e. The van der Waals surface area contributed by atoms with E-state index in [-0.39, 0.29) is 17.7 Å². The van der Waals surface area contributed by atoms with Crippen LogP contribution in [0.25, 0.3) is 0 Å².